The summed E-state index contributed by atoms with van der Waals surface area (Å²) < 4.78 is 5.67. The lowest BCUT2D eigenvalue weighted by Gasteiger charge is -2.27. The second kappa shape index (κ2) is 3.88. The highest BCUT2D eigenvalue weighted by molar-refractivity contribution is 5.59. The number of fused-ring (bicyclic) bond motifs is 1. The van der Waals surface area contributed by atoms with Crippen molar-refractivity contribution < 1.29 is 4.74 Å². The number of benzene rings is 1. The van der Waals surface area contributed by atoms with E-state index >= 15 is 0 Å². The standard InChI is InChI=1S/C11H16N2O/c1-8-3-4-10-11(5-8)14-7-9(13-10)6-12-2/h3-5,9,12-13H,6-7H2,1-2H3/t9-/m1/s1. The zero-order chi connectivity index (χ0) is 9.97. The highest BCUT2D eigenvalue weighted by Crippen LogP contribution is 2.29. The first kappa shape index (κ1) is 9.34. The van der Waals surface area contributed by atoms with Gasteiger partial charge in [0.05, 0.1) is 11.7 Å². The molecule has 3 heteroatoms. The van der Waals surface area contributed by atoms with Gasteiger partial charge in [-0.05, 0) is 31.7 Å². The van der Waals surface area contributed by atoms with Crippen LogP contribution in [0.15, 0.2) is 18.2 Å². The SMILES string of the molecule is CNC[C@@H]1COc2cc(C)ccc2N1. The normalized spacial score (nSPS) is 19.4. The Labute approximate surface area is 84.5 Å². The molecule has 76 valence electrons. The summed E-state index contributed by atoms with van der Waals surface area (Å²) in [6.07, 6.45) is 0. The summed E-state index contributed by atoms with van der Waals surface area (Å²) in [5.41, 5.74) is 2.33. The van der Waals surface area contributed by atoms with Gasteiger partial charge in [0.2, 0.25) is 0 Å². The second-order valence-electron chi connectivity index (χ2n) is 3.71. The maximum absolute atomic E-state index is 5.67. The van der Waals surface area contributed by atoms with Gasteiger partial charge in [0.1, 0.15) is 12.4 Å². The Balaban J connectivity index is 2.15. The van der Waals surface area contributed by atoms with E-state index in [9.17, 15) is 0 Å². The Kier molecular flexibility index (Phi) is 2.59. The topological polar surface area (TPSA) is 33.3 Å². The summed E-state index contributed by atoms with van der Waals surface area (Å²) in [7, 11) is 1.95. The fourth-order valence-corrected chi connectivity index (χ4v) is 1.68. The predicted octanol–water partition coefficient (Wildman–Crippen LogP) is 1.39. The Bertz CT molecular complexity index is 325. The van der Waals surface area contributed by atoms with Crippen molar-refractivity contribution in [1.82, 2.24) is 5.32 Å². The van der Waals surface area contributed by atoms with E-state index in [1.807, 2.05) is 7.05 Å². The average Bonchev–Trinajstić information content (AvgIpc) is 2.19. The molecule has 2 rings (SSSR count). The Morgan fingerprint density at radius 2 is 2.43 bits per heavy atom. The molecule has 0 aromatic heterocycles. The average molecular weight is 192 g/mol. The smallest absolute Gasteiger partial charge is 0.142 e. The van der Waals surface area contributed by atoms with E-state index in [2.05, 4.69) is 35.8 Å². The largest absolute Gasteiger partial charge is 0.489 e. The van der Waals surface area contributed by atoms with Crippen LogP contribution in [0.1, 0.15) is 5.56 Å². The summed E-state index contributed by atoms with van der Waals surface area (Å²) in [5.74, 6) is 0.970. The van der Waals surface area contributed by atoms with Crippen molar-refractivity contribution in [1.29, 1.82) is 0 Å². The predicted molar refractivity (Wildman–Crippen MR) is 58.0 cm³/mol. The van der Waals surface area contributed by atoms with E-state index in [-0.39, 0.29) is 0 Å². The highest BCUT2D eigenvalue weighted by atomic mass is 16.5. The molecule has 0 saturated carbocycles. The minimum Gasteiger partial charge on any atom is -0.489 e. The van der Waals surface area contributed by atoms with Crippen LogP contribution >= 0.6 is 0 Å². The number of hydrogen-bond donors (Lipinski definition) is 2. The lowest BCUT2D eigenvalue weighted by molar-refractivity contribution is 0.282. The summed E-state index contributed by atoms with van der Waals surface area (Å²) in [4.78, 5) is 0. The van der Waals surface area contributed by atoms with Gasteiger partial charge in [0.25, 0.3) is 0 Å². The van der Waals surface area contributed by atoms with E-state index < -0.39 is 0 Å². The summed E-state index contributed by atoms with van der Waals surface area (Å²) in [6, 6.07) is 6.61. The zero-order valence-corrected chi connectivity index (χ0v) is 8.63. The van der Waals surface area contributed by atoms with Crippen molar-refractivity contribution >= 4 is 5.69 Å². The van der Waals surface area contributed by atoms with Gasteiger partial charge >= 0.3 is 0 Å². The number of anilines is 1. The molecule has 1 aliphatic heterocycles. The van der Waals surface area contributed by atoms with E-state index in [1.54, 1.807) is 0 Å². The molecule has 1 aliphatic rings. The van der Waals surface area contributed by atoms with Crippen LogP contribution in [-0.4, -0.2) is 26.2 Å². The van der Waals surface area contributed by atoms with Crippen LogP contribution in [0.4, 0.5) is 5.69 Å². The van der Waals surface area contributed by atoms with Crippen LogP contribution in [0.3, 0.4) is 0 Å². The number of ether oxygens (including phenoxy) is 1. The minimum absolute atomic E-state index is 0.371. The minimum atomic E-state index is 0.371. The lowest BCUT2D eigenvalue weighted by atomic mass is 10.1. The lowest BCUT2D eigenvalue weighted by Crippen LogP contribution is -2.38. The number of aryl methyl sites for hydroxylation is 1. The molecule has 0 saturated heterocycles. The Hall–Kier alpha value is -1.22. The Morgan fingerprint density at radius 1 is 1.57 bits per heavy atom. The number of hydrogen-bond acceptors (Lipinski definition) is 3. The van der Waals surface area contributed by atoms with Gasteiger partial charge in [0, 0.05) is 6.54 Å². The second-order valence-corrected chi connectivity index (χ2v) is 3.71. The molecule has 3 nitrogen and oxygen atoms in total. The molecule has 0 aliphatic carbocycles. The quantitative estimate of drug-likeness (QED) is 0.743. The molecular formula is C11H16N2O. The third-order valence-corrected chi connectivity index (χ3v) is 2.39. The Morgan fingerprint density at radius 3 is 3.21 bits per heavy atom. The summed E-state index contributed by atoms with van der Waals surface area (Å²) >= 11 is 0. The molecule has 1 aromatic rings. The van der Waals surface area contributed by atoms with Gasteiger partial charge in [-0.25, -0.2) is 0 Å². The molecule has 1 atom stereocenters. The highest BCUT2D eigenvalue weighted by Gasteiger charge is 2.17. The molecule has 14 heavy (non-hydrogen) atoms. The summed E-state index contributed by atoms with van der Waals surface area (Å²) in [5, 5.41) is 6.57. The van der Waals surface area contributed by atoms with Gasteiger partial charge in [-0.3, -0.25) is 0 Å². The molecule has 0 fully saturated rings. The fourth-order valence-electron chi connectivity index (χ4n) is 1.68. The molecule has 2 N–H and O–H groups in total. The van der Waals surface area contributed by atoms with E-state index in [0.717, 1.165) is 24.6 Å². The zero-order valence-electron chi connectivity index (χ0n) is 8.63. The van der Waals surface area contributed by atoms with Gasteiger partial charge in [-0.2, -0.15) is 0 Å². The molecule has 1 heterocycles. The fraction of sp³-hybridized carbons (Fsp3) is 0.455. The van der Waals surface area contributed by atoms with E-state index in [0.29, 0.717) is 6.04 Å². The van der Waals surface area contributed by atoms with Crippen LogP contribution in [-0.2, 0) is 0 Å². The first-order chi connectivity index (χ1) is 6.79. The number of likely N-dealkylation sites (N-methyl/N-ethyl adjacent to an activating group) is 1. The first-order valence-corrected chi connectivity index (χ1v) is 4.94. The number of nitrogens with one attached hydrogen (secondary N) is 2. The third kappa shape index (κ3) is 1.82. The van der Waals surface area contributed by atoms with Gasteiger partial charge < -0.3 is 15.4 Å². The van der Waals surface area contributed by atoms with Crippen LogP contribution in [0.2, 0.25) is 0 Å². The van der Waals surface area contributed by atoms with Crippen molar-refractivity contribution in [3.05, 3.63) is 23.8 Å². The van der Waals surface area contributed by atoms with Crippen LogP contribution in [0, 0.1) is 6.92 Å². The molecule has 0 unspecified atom stereocenters. The molecule has 0 amide bonds. The molecular weight excluding hydrogens is 176 g/mol. The van der Waals surface area contributed by atoms with Crippen LogP contribution in [0.25, 0.3) is 0 Å². The van der Waals surface area contributed by atoms with Gasteiger partial charge in [-0.1, -0.05) is 6.07 Å². The number of rotatable bonds is 2. The van der Waals surface area contributed by atoms with Crippen molar-refractivity contribution in [3.63, 3.8) is 0 Å². The molecule has 0 bridgehead atoms. The molecule has 0 radical (unpaired) electrons. The van der Waals surface area contributed by atoms with Crippen LogP contribution in [0.5, 0.6) is 5.75 Å². The monoisotopic (exact) mass is 192 g/mol. The van der Waals surface area contributed by atoms with Gasteiger partial charge in [0.15, 0.2) is 0 Å². The van der Waals surface area contributed by atoms with Crippen LogP contribution < -0.4 is 15.4 Å². The van der Waals surface area contributed by atoms with Gasteiger partial charge in [-0.15, -0.1) is 0 Å². The van der Waals surface area contributed by atoms with Crippen molar-refractivity contribution in [2.24, 2.45) is 0 Å². The molecule has 0 spiro atoms. The van der Waals surface area contributed by atoms with Crippen molar-refractivity contribution in [2.45, 2.75) is 13.0 Å². The van der Waals surface area contributed by atoms with Crippen molar-refractivity contribution in [2.75, 3.05) is 25.5 Å². The van der Waals surface area contributed by atoms with E-state index in [4.69, 9.17) is 4.74 Å². The first-order valence-electron chi connectivity index (χ1n) is 4.94. The molecule has 1 aromatic carbocycles. The van der Waals surface area contributed by atoms with E-state index in [1.165, 1.54) is 5.56 Å². The summed E-state index contributed by atoms with van der Waals surface area (Å²) in [6.45, 7) is 3.73. The van der Waals surface area contributed by atoms with Crippen molar-refractivity contribution in [3.8, 4) is 5.75 Å². The third-order valence-electron chi connectivity index (χ3n) is 2.39. The maximum atomic E-state index is 5.67. The maximum Gasteiger partial charge on any atom is 0.142 e.